The molecule has 1 aromatic rings. The van der Waals surface area contributed by atoms with E-state index in [-0.39, 0.29) is 0 Å². The summed E-state index contributed by atoms with van der Waals surface area (Å²) in [6.45, 7) is 2.23. The maximum atomic E-state index is 4.05. The summed E-state index contributed by atoms with van der Waals surface area (Å²) in [5.41, 5.74) is 1.24. The van der Waals surface area contributed by atoms with Crippen molar-refractivity contribution < 1.29 is 0 Å². The van der Waals surface area contributed by atoms with Gasteiger partial charge in [-0.2, -0.15) is 0 Å². The Morgan fingerprint density at radius 1 is 1.42 bits per heavy atom. The normalized spacial score (nSPS) is 10.1. The maximum absolute atomic E-state index is 4.05. The van der Waals surface area contributed by atoms with Crippen molar-refractivity contribution in [3.8, 4) is 0 Å². The number of unbranched alkanes of at least 4 members (excludes halogenated alkanes) is 3. The summed E-state index contributed by atoms with van der Waals surface area (Å²) in [6, 6.07) is 4.07. The molecule has 1 rings (SSSR count). The lowest BCUT2D eigenvalue weighted by atomic mass is 10.1. The van der Waals surface area contributed by atoms with Gasteiger partial charge in [0.2, 0.25) is 0 Å². The predicted molar refractivity (Wildman–Crippen MR) is 51.8 cm³/mol. The average molecular weight is 162 g/mol. The van der Waals surface area contributed by atoms with Crippen LogP contribution in [0.5, 0.6) is 0 Å². The first-order chi connectivity index (χ1) is 5.93. The molecule has 0 unspecified atom stereocenters. The molecule has 12 heavy (non-hydrogen) atoms. The van der Waals surface area contributed by atoms with Crippen LogP contribution < -0.4 is 0 Å². The molecule has 0 aliphatic heterocycles. The van der Waals surface area contributed by atoms with Crippen LogP contribution in [0.25, 0.3) is 0 Å². The Morgan fingerprint density at radius 2 is 2.33 bits per heavy atom. The molecular weight excluding hydrogens is 146 g/mol. The van der Waals surface area contributed by atoms with E-state index in [0.717, 1.165) is 0 Å². The highest BCUT2D eigenvalue weighted by Crippen LogP contribution is 2.07. The van der Waals surface area contributed by atoms with Crippen molar-refractivity contribution in [3.05, 3.63) is 36.5 Å². The van der Waals surface area contributed by atoms with E-state index < -0.39 is 0 Å². The highest BCUT2D eigenvalue weighted by molar-refractivity contribution is 5.17. The van der Waals surface area contributed by atoms with Gasteiger partial charge in [-0.3, -0.25) is 4.98 Å². The Kier molecular flexibility index (Phi) is 4.43. The molecule has 1 nitrogen and oxygen atoms in total. The van der Waals surface area contributed by atoms with Crippen LogP contribution in [0, 0.1) is 6.42 Å². The van der Waals surface area contributed by atoms with Gasteiger partial charge in [0.1, 0.15) is 0 Å². The highest BCUT2D eigenvalue weighted by atomic mass is 14.6. The van der Waals surface area contributed by atoms with E-state index in [1.165, 1.54) is 31.2 Å². The third kappa shape index (κ3) is 3.51. The highest BCUT2D eigenvalue weighted by Gasteiger charge is 1.91. The fourth-order valence-corrected chi connectivity index (χ4v) is 1.16. The van der Waals surface area contributed by atoms with Crippen molar-refractivity contribution in [2.45, 2.75) is 32.6 Å². The van der Waals surface area contributed by atoms with Crippen LogP contribution in [0.15, 0.2) is 24.5 Å². The van der Waals surface area contributed by atoms with Gasteiger partial charge in [-0.05, 0) is 24.5 Å². The van der Waals surface area contributed by atoms with Crippen LogP contribution in [0.4, 0.5) is 0 Å². The Morgan fingerprint density at radius 3 is 3.00 bits per heavy atom. The first-order valence-corrected chi connectivity index (χ1v) is 4.66. The van der Waals surface area contributed by atoms with Crippen LogP contribution in [-0.2, 0) is 0 Å². The molecule has 0 N–H and O–H groups in total. The van der Waals surface area contributed by atoms with Crippen LogP contribution >= 0.6 is 0 Å². The fourth-order valence-electron chi connectivity index (χ4n) is 1.16. The zero-order valence-corrected chi connectivity index (χ0v) is 7.66. The molecule has 0 fully saturated rings. The Balaban J connectivity index is 2.16. The topological polar surface area (TPSA) is 12.9 Å². The van der Waals surface area contributed by atoms with E-state index in [4.69, 9.17) is 0 Å². The van der Waals surface area contributed by atoms with Crippen LogP contribution in [0.2, 0.25) is 0 Å². The molecule has 1 aromatic heterocycles. The summed E-state index contributed by atoms with van der Waals surface area (Å²) in [5, 5.41) is 0. The third-order valence-corrected chi connectivity index (χ3v) is 1.87. The van der Waals surface area contributed by atoms with E-state index in [0.29, 0.717) is 0 Å². The quantitative estimate of drug-likeness (QED) is 0.606. The van der Waals surface area contributed by atoms with Gasteiger partial charge >= 0.3 is 0 Å². The van der Waals surface area contributed by atoms with Gasteiger partial charge in [-0.25, -0.2) is 0 Å². The molecule has 0 saturated carbocycles. The number of aromatic nitrogens is 1. The van der Waals surface area contributed by atoms with Gasteiger partial charge < -0.3 is 0 Å². The Labute approximate surface area is 74.8 Å². The summed E-state index contributed by atoms with van der Waals surface area (Å²) in [4.78, 5) is 4.05. The van der Waals surface area contributed by atoms with Crippen molar-refractivity contribution in [2.24, 2.45) is 0 Å². The van der Waals surface area contributed by atoms with Gasteiger partial charge in [-0.15, -0.1) is 0 Å². The molecule has 1 heterocycles. The first-order valence-electron chi connectivity index (χ1n) is 4.66. The fraction of sp³-hybridized carbons (Fsp3) is 0.455. The molecule has 1 heteroatoms. The largest absolute Gasteiger partial charge is 0.264 e. The molecule has 0 atom stereocenters. The van der Waals surface area contributed by atoms with E-state index >= 15 is 0 Å². The van der Waals surface area contributed by atoms with Gasteiger partial charge in [-0.1, -0.05) is 32.3 Å². The summed E-state index contributed by atoms with van der Waals surface area (Å²) in [6.07, 6.45) is 11.1. The SMILES string of the molecule is CCCCC[CH]c1cccnc1. The van der Waals surface area contributed by atoms with Crippen LogP contribution in [0.3, 0.4) is 0 Å². The van der Waals surface area contributed by atoms with Gasteiger partial charge in [0.25, 0.3) is 0 Å². The number of rotatable bonds is 5. The minimum absolute atomic E-state index is 1.18. The van der Waals surface area contributed by atoms with Crippen molar-refractivity contribution in [1.82, 2.24) is 4.98 Å². The predicted octanol–water partition coefficient (Wildman–Crippen LogP) is 3.21. The molecule has 0 aromatic carbocycles. The molecule has 0 amide bonds. The summed E-state index contributed by atoms with van der Waals surface area (Å²) < 4.78 is 0. The Hall–Kier alpha value is -0.850. The molecule has 1 radical (unpaired) electrons. The first kappa shape index (κ1) is 9.24. The monoisotopic (exact) mass is 162 g/mol. The van der Waals surface area contributed by atoms with Gasteiger partial charge in [0.05, 0.1) is 0 Å². The molecule has 65 valence electrons. The second-order valence-corrected chi connectivity index (χ2v) is 2.99. The molecule has 0 spiro atoms. The van der Waals surface area contributed by atoms with Gasteiger partial charge in [0, 0.05) is 12.4 Å². The van der Waals surface area contributed by atoms with Crippen molar-refractivity contribution in [1.29, 1.82) is 0 Å². The minimum Gasteiger partial charge on any atom is -0.264 e. The lowest BCUT2D eigenvalue weighted by Gasteiger charge is -1.98. The summed E-state index contributed by atoms with van der Waals surface area (Å²) in [5.74, 6) is 0. The lowest BCUT2D eigenvalue weighted by Crippen LogP contribution is -1.83. The standard InChI is InChI=1S/C11H16N/c1-2-3-4-5-7-11-8-6-9-12-10-11/h6-10H,2-5H2,1H3. The third-order valence-electron chi connectivity index (χ3n) is 1.87. The van der Waals surface area contributed by atoms with Crippen molar-refractivity contribution in [3.63, 3.8) is 0 Å². The molecular formula is C11H16N. The van der Waals surface area contributed by atoms with E-state index in [1.54, 1.807) is 0 Å². The second-order valence-electron chi connectivity index (χ2n) is 2.99. The van der Waals surface area contributed by atoms with Gasteiger partial charge in [0.15, 0.2) is 0 Å². The van der Waals surface area contributed by atoms with Crippen molar-refractivity contribution >= 4 is 0 Å². The molecule has 0 bridgehead atoms. The zero-order chi connectivity index (χ0) is 8.65. The molecule has 0 aliphatic carbocycles. The number of nitrogens with zero attached hydrogens (tertiary/aromatic N) is 1. The van der Waals surface area contributed by atoms with E-state index in [2.05, 4.69) is 24.4 Å². The molecule has 0 aliphatic rings. The van der Waals surface area contributed by atoms with E-state index in [9.17, 15) is 0 Å². The zero-order valence-electron chi connectivity index (χ0n) is 7.66. The summed E-state index contributed by atoms with van der Waals surface area (Å²) in [7, 11) is 0. The molecule has 0 saturated heterocycles. The Bertz CT molecular complexity index is 193. The summed E-state index contributed by atoms with van der Waals surface area (Å²) >= 11 is 0. The number of hydrogen-bond donors (Lipinski definition) is 0. The smallest absolute Gasteiger partial charge is 0.0302 e. The lowest BCUT2D eigenvalue weighted by molar-refractivity contribution is 0.714. The van der Waals surface area contributed by atoms with E-state index in [1.807, 2.05) is 18.5 Å². The van der Waals surface area contributed by atoms with Crippen molar-refractivity contribution in [2.75, 3.05) is 0 Å². The van der Waals surface area contributed by atoms with Crippen LogP contribution in [0.1, 0.15) is 38.2 Å². The number of hydrogen-bond acceptors (Lipinski definition) is 1. The average Bonchev–Trinajstić information content (AvgIpc) is 2.14. The second kappa shape index (κ2) is 5.76. The number of pyridine rings is 1. The maximum Gasteiger partial charge on any atom is 0.0302 e. The van der Waals surface area contributed by atoms with Crippen LogP contribution in [-0.4, -0.2) is 4.98 Å². The minimum atomic E-state index is 1.18.